The van der Waals surface area contributed by atoms with Gasteiger partial charge in [0.05, 0.1) is 6.54 Å². The van der Waals surface area contributed by atoms with Gasteiger partial charge in [0, 0.05) is 5.56 Å². The van der Waals surface area contributed by atoms with Crippen LogP contribution in [0.4, 0.5) is 0 Å². The molecule has 0 radical (unpaired) electrons. The van der Waals surface area contributed by atoms with Crippen LogP contribution in [0.15, 0.2) is 24.3 Å². The number of rotatable bonds is 4. The van der Waals surface area contributed by atoms with Gasteiger partial charge in [-0.3, -0.25) is 4.79 Å². The summed E-state index contributed by atoms with van der Waals surface area (Å²) >= 11 is 0. The number of carbonyl (C=O) groups excluding carboxylic acids is 1. The highest BCUT2D eigenvalue weighted by Crippen LogP contribution is 2.09. The van der Waals surface area contributed by atoms with Crippen molar-refractivity contribution in [2.24, 2.45) is 0 Å². The Morgan fingerprint density at radius 3 is 2.69 bits per heavy atom. The smallest absolute Gasteiger partial charge is 0.176 e. The first-order valence-corrected chi connectivity index (χ1v) is 4.55. The van der Waals surface area contributed by atoms with E-state index in [-0.39, 0.29) is 5.78 Å². The van der Waals surface area contributed by atoms with E-state index in [9.17, 15) is 4.79 Å². The molecule has 1 aromatic carbocycles. The molecule has 0 aliphatic rings. The van der Waals surface area contributed by atoms with Crippen molar-refractivity contribution in [2.45, 2.75) is 13.3 Å². The van der Waals surface area contributed by atoms with Gasteiger partial charge in [-0.25, -0.2) is 0 Å². The first kappa shape index (κ1) is 9.93. The maximum absolute atomic E-state index is 11.6. The number of hydrogen-bond donors (Lipinski definition) is 1. The van der Waals surface area contributed by atoms with E-state index in [0.717, 1.165) is 17.5 Å². The van der Waals surface area contributed by atoms with Gasteiger partial charge in [0.15, 0.2) is 5.78 Å². The minimum absolute atomic E-state index is 0.167. The zero-order valence-corrected chi connectivity index (χ0v) is 8.13. The van der Waals surface area contributed by atoms with Crippen LogP contribution in [0, 0.1) is 0 Å². The zero-order chi connectivity index (χ0) is 9.68. The fourth-order valence-corrected chi connectivity index (χ4v) is 1.36. The van der Waals surface area contributed by atoms with Crippen molar-refractivity contribution in [3.63, 3.8) is 0 Å². The Bertz CT molecular complexity index is 294. The van der Waals surface area contributed by atoms with Crippen LogP contribution < -0.4 is 5.32 Å². The zero-order valence-electron chi connectivity index (χ0n) is 8.13. The highest BCUT2D eigenvalue weighted by atomic mass is 16.1. The molecule has 0 heterocycles. The molecule has 0 unspecified atom stereocenters. The molecular weight excluding hydrogens is 162 g/mol. The van der Waals surface area contributed by atoms with Crippen LogP contribution >= 0.6 is 0 Å². The molecule has 2 nitrogen and oxygen atoms in total. The standard InChI is InChI=1S/C11H15NO/c1-3-9-6-4-5-7-10(9)11(13)8-12-2/h4-7,12H,3,8H2,1-2H3. The monoisotopic (exact) mass is 177 g/mol. The van der Waals surface area contributed by atoms with E-state index in [1.54, 1.807) is 7.05 Å². The van der Waals surface area contributed by atoms with Gasteiger partial charge in [-0.05, 0) is 19.0 Å². The lowest BCUT2D eigenvalue weighted by molar-refractivity contribution is 0.0992. The summed E-state index contributed by atoms with van der Waals surface area (Å²) in [5, 5.41) is 2.87. The lowest BCUT2D eigenvalue weighted by atomic mass is 10.0. The SMILES string of the molecule is CCc1ccccc1C(=O)CNC. The Balaban J connectivity index is 2.92. The molecule has 0 aliphatic carbocycles. The van der Waals surface area contributed by atoms with E-state index in [1.807, 2.05) is 24.3 Å². The number of aryl methyl sites for hydroxylation is 1. The Hall–Kier alpha value is -1.15. The molecule has 0 saturated carbocycles. The lowest BCUT2D eigenvalue weighted by Crippen LogP contribution is -2.19. The third kappa shape index (κ3) is 2.39. The number of carbonyl (C=O) groups is 1. The summed E-state index contributed by atoms with van der Waals surface area (Å²) in [6, 6.07) is 7.76. The normalized spacial score (nSPS) is 10.0. The highest BCUT2D eigenvalue weighted by molar-refractivity contribution is 5.98. The largest absolute Gasteiger partial charge is 0.313 e. The second-order valence-electron chi connectivity index (χ2n) is 2.96. The molecule has 0 bridgehead atoms. The number of hydrogen-bond acceptors (Lipinski definition) is 2. The van der Waals surface area contributed by atoms with E-state index in [1.165, 1.54) is 0 Å². The summed E-state index contributed by atoms with van der Waals surface area (Å²) in [6.45, 7) is 2.47. The van der Waals surface area contributed by atoms with Crippen LogP contribution in [0.25, 0.3) is 0 Å². The molecule has 70 valence electrons. The second-order valence-corrected chi connectivity index (χ2v) is 2.96. The summed E-state index contributed by atoms with van der Waals surface area (Å²) in [6.07, 6.45) is 0.908. The third-order valence-electron chi connectivity index (χ3n) is 2.04. The van der Waals surface area contributed by atoms with Gasteiger partial charge in [0.2, 0.25) is 0 Å². The second kappa shape index (κ2) is 4.77. The minimum atomic E-state index is 0.167. The van der Waals surface area contributed by atoms with Crippen molar-refractivity contribution in [1.82, 2.24) is 5.32 Å². The fraction of sp³-hybridized carbons (Fsp3) is 0.364. The van der Waals surface area contributed by atoms with E-state index in [2.05, 4.69) is 12.2 Å². The van der Waals surface area contributed by atoms with Crippen molar-refractivity contribution in [2.75, 3.05) is 13.6 Å². The van der Waals surface area contributed by atoms with Gasteiger partial charge >= 0.3 is 0 Å². The van der Waals surface area contributed by atoms with Crippen LogP contribution in [0.5, 0.6) is 0 Å². The topological polar surface area (TPSA) is 29.1 Å². The first-order valence-electron chi connectivity index (χ1n) is 4.55. The number of ketones is 1. The van der Waals surface area contributed by atoms with Gasteiger partial charge in [-0.2, -0.15) is 0 Å². The van der Waals surface area contributed by atoms with Gasteiger partial charge in [0.25, 0.3) is 0 Å². The summed E-state index contributed by atoms with van der Waals surface area (Å²) in [7, 11) is 1.78. The molecule has 13 heavy (non-hydrogen) atoms. The molecule has 1 N–H and O–H groups in total. The number of Topliss-reactive ketones (excluding diaryl/α,β-unsaturated/α-hetero) is 1. The van der Waals surface area contributed by atoms with Crippen molar-refractivity contribution < 1.29 is 4.79 Å². The third-order valence-corrected chi connectivity index (χ3v) is 2.04. The summed E-state index contributed by atoms with van der Waals surface area (Å²) in [5.41, 5.74) is 1.97. The molecule has 0 saturated heterocycles. The summed E-state index contributed by atoms with van der Waals surface area (Å²) in [5.74, 6) is 0.167. The molecule has 0 aromatic heterocycles. The van der Waals surface area contributed by atoms with Crippen molar-refractivity contribution in [1.29, 1.82) is 0 Å². The molecule has 0 spiro atoms. The van der Waals surface area contributed by atoms with Crippen LogP contribution in [-0.2, 0) is 6.42 Å². The van der Waals surface area contributed by atoms with Crippen molar-refractivity contribution in [3.05, 3.63) is 35.4 Å². The van der Waals surface area contributed by atoms with Crippen LogP contribution in [-0.4, -0.2) is 19.4 Å². The Morgan fingerprint density at radius 2 is 2.08 bits per heavy atom. The van der Waals surface area contributed by atoms with Crippen molar-refractivity contribution >= 4 is 5.78 Å². The molecule has 1 rings (SSSR count). The maximum atomic E-state index is 11.6. The maximum Gasteiger partial charge on any atom is 0.176 e. The molecule has 0 atom stereocenters. The van der Waals surface area contributed by atoms with Gasteiger partial charge in [-0.15, -0.1) is 0 Å². The van der Waals surface area contributed by atoms with E-state index in [4.69, 9.17) is 0 Å². The quantitative estimate of drug-likeness (QED) is 0.708. The van der Waals surface area contributed by atoms with Crippen molar-refractivity contribution in [3.8, 4) is 0 Å². The molecule has 2 heteroatoms. The van der Waals surface area contributed by atoms with E-state index < -0.39 is 0 Å². The summed E-state index contributed by atoms with van der Waals surface area (Å²) < 4.78 is 0. The van der Waals surface area contributed by atoms with Crippen LogP contribution in [0.3, 0.4) is 0 Å². The predicted molar refractivity (Wildman–Crippen MR) is 54.1 cm³/mol. The fourth-order valence-electron chi connectivity index (χ4n) is 1.36. The van der Waals surface area contributed by atoms with E-state index in [0.29, 0.717) is 6.54 Å². The Kier molecular flexibility index (Phi) is 3.65. The Morgan fingerprint density at radius 1 is 1.38 bits per heavy atom. The molecule has 0 aliphatic heterocycles. The van der Waals surface area contributed by atoms with Crippen LogP contribution in [0.1, 0.15) is 22.8 Å². The van der Waals surface area contributed by atoms with Gasteiger partial charge < -0.3 is 5.32 Å². The minimum Gasteiger partial charge on any atom is -0.313 e. The molecular formula is C11H15NO. The highest BCUT2D eigenvalue weighted by Gasteiger charge is 2.07. The van der Waals surface area contributed by atoms with Gasteiger partial charge in [0.1, 0.15) is 0 Å². The molecule has 0 fully saturated rings. The Labute approximate surface area is 79.0 Å². The number of likely N-dealkylation sites (N-methyl/N-ethyl adjacent to an activating group) is 1. The number of benzene rings is 1. The predicted octanol–water partition coefficient (Wildman–Crippen LogP) is 1.65. The van der Waals surface area contributed by atoms with Crippen LogP contribution in [0.2, 0.25) is 0 Å². The number of nitrogens with one attached hydrogen (secondary N) is 1. The van der Waals surface area contributed by atoms with E-state index >= 15 is 0 Å². The first-order chi connectivity index (χ1) is 6.29. The van der Waals surface area contributed by atoms with Gasteiger partial charge in [-0.1, -0.05) is 31.2 Å². The average Bonchev–Trinajstić information content (AvgIpc) is 2.18. The lowest BCUT2D eigenvalue weighted by Gasteiger charge is -2.05. The molecule has 0 amide bonds. The summed E-state index contributed by atoms with van der Waals surface area (Å²) in [4.78, 5) is 11.6. The molecule has 1 aromatic rings. The average molecular weight is 177 g/mol.